The summed E-state index contributed by atoms with van der Waals surface area (Å²) in [6.45, 7) is 1.28. The molecule has 1 fully saturated rings. The molecule has 2 atom stereocenters. The van der Waals surface area contributed by atoms with Crippen LogP contribution in [0.1, 0.15) is 11.5 Å². The number of hydrogen-bond acceptors (Lipinski definition) is 2. The quantitative estimate of drug-likeness (QED) is 0.901. The van der Waals surface area contributed by atoms with Crippen LogP contribution >= 0.6 is 23.2 Å². The Morgan fingerprint density at radius 2 is 1.88 bits per heavy atom. The van der Waals surface area contributed by atoms with Crippen LogP contribution in [0, 0.1) is 5.92 Å². The summed E-state index contributed by atoms with van der Waals surface area (Å²) in [5, 5.41) is 10.3. The van der Waals surface area contributed by atoms with Crippen molar-refractivity contribution in [3.05, 3.63) is 33.8 Å². The largest absolute Gasteiger partial charge is 0.481 e. The third kappa shape index (κ3) is 2.73. The molecule has 1 aliphatic heterocycles. The molecule has 2 rings (SSSR count). The Labute approximate surface area is 110 Å². The molecule has 0 amide bonds. The van der Waals surface area contributed by atoms with E-state index in [1.807, 2.05) is 11.9 Å². The monoisotopic (exact) mass is 273 g/mol. The van der Waals surface area contributed by atoms with E-state index in [-0.39, 0.29) is 5.92 Å². The summed E-state index contributed by atoms with van der Waals surface area (Å²) in [6.07, 6.45) is 0. The number of halogens is 2. The normalized spacial score (nSPS) is 25.1. The van der Waals surface area contributed by atoms with Crippen LogP contribution < -0.4 is 0 Å². The molecule has 3 nitrogen and oxygen atoms in total. The number of carboxylic acid groups (broad SMARTS) is 1. The number of likely N-dealkylation sites (tertiary alicyclic amines) is 1. The number of carboxylic acids is 1. The van der Waals surface area contributed by atoms with Gasteiger partial charge in [-0.05, 0) is 30.8 Å². The van der Waals surface area contributed by atoms with E-state index in [2.05, 4.69) is 0 Å². The van der Waals surface area contributed by atoms with Gasteiger partial charge in [-0.25, -0.2) is 0 Å². The zero-order valence-electron chi connectivity index (χ0n) is 9.36. The van der Waals surface area contributed by atoms with E-state index in [4.69, 9.17) is 23.2 Å². The number of carbonyl (C=O) groups is 1. The SMILES string of the molecule is CN1CC(C(=O)O)C(c2cc(Cl)cc(Cl)c2)C1. The zero-order valence-corrected chi connectivity index (χ0v) is 10.9. The maximum absolute atomic E-state index is 11.2. The molecule has 1 N–H and O–H groups in total. The average molecular weight is 274 g/mol. The number of benzene rings is 1. The Kier molecular flexibility index (Phi) is 3.61. The van der Waals surface area contributed by atoms with Crippen molar-refractivity contribution in [3.63, 3.8) is 0 Å². The minimum atomic E-state index is -0.768. The minimum absolute atomic E-state index is 0.0475. The van der Waals surface area contributed by atoms with Gasteiger partial charge in [0.1, 0.15) is 0 Å². The van der Waals surface area contributed by atoms with Crippen molar-refractivity contribution in [2.45, 2.75) is 5.92 Å². The van der Waals surface area contributed by atoms with Crippen molar-refractivity contribution >= 4 is 29.2 Å². The molecule has 1 heterocycles. The van der Waals surface area contributed by atoms with Crippen molar-refractivity contribution in [3.8, 4) is 0 Å². The maximum Gasteiger partial charge on any atom is 0.308 e. The van der Waals surface area contributed by atoms with Crippen molar-refractivity contribution in [1.29, 1.82) is 0 Å². The Morgan fingerprint density at radius 1 is 1.29 bits per heavy atom. The molecule has 5 heteroatoms. The van der Waals surface area contributed by atoms with E-state index in [1.165, 1.54) is 0 Å². The molecule has 0 aliphatic carbocycles. The minimum Gasteiger partial charge on any atom is -0.481 e. The number of likely N-dealkylation sites (N-methyl/N-ethyl adjacent to an activating group) is 1. The summed E-state index contributed by atoms with van der Waals surface area (Å²) in [7, 11) is 1.92. The van der Waals surface area contributed by atoms with E-state index in [0.29, 0.717) is 23.1 Å². The molecular formula is C12H13Cl2NO2. The topological polar surface area (TPSA) is 40.5 Å². The molecule has 92 valence electrons. The maximum atomic E-state index is 11.2. The standard InChI is InChI=1S/C12H13Cl2NO2/c1-15-5-10(11(6-15)12(16)17)7-2-8(13)4-9(14)3-7/h2-4,10-11H,5-6H2,1H3,(H,16,17). The first-order valence-electron chi connectivity index (χ1n) is 5.34. The Balaban J connectivity index is 2.34. The molecule has 2 unspecified atom stereocenters. The molecule has 1 saturated heterocycles. The highest BCUT2D eigenvalue weighted by Gasteiger charge is 2.37. The first kappa shape index (κ1) is 12.7. The lowest BCUT2D eigenvalue weighted by Crippen LogP contribution is -2.21. The molecule has 1 aromatic rings. The molecular weight excluding hydrogens is 261 g/mol. The van der Waals surface area contributed by atoms with Gasteiger partial charge in [0.15, 0.2) is 0 Å². The summed E-state index contributed by atoms with van der Waals surface area (Å²) >= 11 is 11.9. The summed E-state index contributed by atoms with van der Waals surface area (Å²) < 4.78 is 0. The Bertz CT molecular complexity index is 430. The number of hydrogen-bond donors (Lipinski definition) is 1. The highest BCUT2D eigenvalue weighted by molar-refractivity contribution is 6.34. The molecule has 0 spiro atoms. The molecule has 1 aromatic carbocycles. The Hall–Kier alpha value is -0.770. The third-order valence-corrected chi connectivity index (χ3v) is 3.57. The second-order valence-electron chi connectivity index (χ2n) is 4.48. The number of aliphatic carboxylic acids is 1. The Morgan fingerprint density at radius 3 is 2.41 bits per heavy atom. The average Bonchev–Trinajstić information content (AvgIpc) is 2.59. The van der Waals surface area contributed by atoms with Crippen LogP contribution in [0.5, 0.6) is 0 Å². The van der Waals surface area contributed by atoms with Crippen LogP contribution in [0.25, 0.3) is 0 Å². The van der Waals surface area contributed by atoms with E-state index in [9.17, 15) is 9.90 Å². The summed E-state index contributed by atoms with van der Waals surface area (Å²) in [4.78, 5) is 13.2. The van der Waals surface area contributed by atoms with Gasteiger partial charge in [0, 0.05) is 29.1 Å². The highest BCUT2D eigenvalue weighted by atomic mass is 35.5. The fraction of sp³-hybridized carbons (Fsp3) is 0.417. The van der Waals surface area contributed by atoms with Crippen LogP contribution in [0.4, 0.5) is 0 Å². The lowest BCUT2D eigenvalue weighted by Gasteiger charge is -2.15. The molecule has 1 aliphatic rings. The van der Waals surface area contributed by atoms with E-state index >= 15 is 0 Å². The van der Waals surface area contributed by atoms with Gasteiger partial charge in [0.05, 0.1) is 5.92 Å². The number of nitrogens with zero attached hydrogens (tertiary/aromatic N) is 1. The third-order valence-electron chi connectivity index (χ3n) is 3.13. The predicted octanol–water partition coefficient (Wildman–Crippen LogP) is 2.72. The molecule has 17 heavy (non-hydrogen) atoms. The first-order chi connectivity index (χ1) is 7.97. The van der Waals surface area contributed by atoms with Crippen molar-refractivity contribution in [2.75, 3.05) is 20.1 Å². The van der Waals surface area contributed by atoms with Crippen molar-refractivity contribution in [2.24, 2.45) is 5.92 Å². The fourth-order valence-electron chi connectivity index (χ4n) is 2.38. The first-order valence-corrected chi connectivity index (χ1v) is 6.10. The van der Waals surface area contributed by atoms with Crippen molar-refractivity contribution < 1.29 is 9.90 Å². The molecule has 0 bridgehead atoms. The van der Waals surface area contributed by atoms with Gasteiger partial charge in [-0.2, -0.15) is 0 Å². The van der Waals surface area contributed by atoms with Crippen LogP contribution in [0.3, 0.4) is 0 Å². The van der Waals surface area contributed by atoms with E-state index < -0.39 is 11.9 Å². The lowest BCUT2D eigenvalue weighted by molar-refractivity contribution is -0.141. The summed E-state index contributed by atoms with van der Waals surface area (Å²) in [6, 6.07) is 5.25. The summed E-state index contributed by atoms with van der Waals surface area (Å²) in [5.74, 6) is -1.21. The smallest absolute Gasteiger partial charge is 0.308 e. The van der Waals surface area contributed by atoms with Crippen LogP contribution in [-0.4, -0.2) is 36.1 Å². The van der Waals surface area contributed by atoms with Crippen LogP contribution in [0.15, 0.2) is 18.2 Å². The molecule has 0 radical (unpaired) electrons. The van der Waals surface area contributed by atoms with Crippen LogP contribution in [0.2, 0.25) is 10.0 Å². The second-order valence-corrected chi connectivity index (χ2v) is 5.35. The zero-order chi connectivity index (χ0) is 12.6. The van der Waals surface area contributed by atoms with Gasteiger partial charge in [-0.1, -0.05) is 23.2 Å². The summed E-state index contributed by atoms with van der Waals surface area (Å²) in [5.41, 5.74) is 0.902. The van der Waals surface area contributed by atoms with Gasteiger partial charge < -0.3 is 10.0 Å². The second kappa shape index (κ2) is 4.84. The van der Waals surface area contributed by atoms with Gasteiger partial charge in [0.25, 0.3) is 0 Å². The highest BCUT2D eigenvalue weighted by Crippen LogP contribution is 2.34. The fourth-order valence-corrected chi connectivity index (χ4v) is 2.92. The molecule has 0 saturated carbocycles. The van der Waals surface area contributed by atoms with Gasteiger partial charge in [0.2, 0.25) is 0 Å². The molecule has 0 aromatic heterocycles. The van der Waals surface area contributed by atoms with Gasteiger partial charge in [-0.3, -0.25) is 4.79 Å². The van der Waals surface area contributed by atoms with Crippen molar-refractivity contribution in [1.82, 2.24) is 4.90 Å². The predicted molar refractivity (Wildman–Crippen MR) is 67.8 cm³/mol. The number of rotatable bonds is 2. The van der Waals surface area contributed by atoms with E-state index in [1.54, 1.807) is 18.2 Å². The van der Waals surface area contributed by atoms with Gasteiger partial charge >= 0.3 is 5.97 Å². The lowest BCUT2D eigenvalue weighted by atomic mass is 9.89. The van der Waals surface area contributed by atoms with Crippen LogP contribution in [-0.2, 0) is 4.79 Å². The van der Waals surface area contributed by atoms with Gasteiger partial charge in [-0.15, -0.1) is 0 Å². The van der Waals surface area contributed by atoms with E-state index in [0.717, 1.165) is 5.56 Å².